The Kier molecular flexibility index (Phi) is 8.28. The topological polar surface area (TPSA) is 112 Å². The highest BCUT2D eigenvalue weighted by Crippen LogP contribution is 2.30. The number of nitrogens with one attached hydrogen (secondary N) is 2. The quantitative estimate of drug-likeness (QED) is 0.336. The number of nitrogens with zero attached hydrogens (tertiary/aromatic N) is 2. The molecule has 11 heteroatoms. The van der Waals surface area contributed by atoms with E-state index in [1.807, 2.05) is 6.92 Å². The van der Waals surface area contributed by atoms with E-state index in [1.54, 1.807) is 49.6 Å². The van der Waals surface area contributed by atoms with E-state index in [-0.39, 0.29) is 17.6 Å². The largest absolute Gasteiger partial charge is 0.494 e. The van der Waals surface area contributed by atoms with Crippen molar-refractivity contribution in [3.05, 3.63) is 48.0 Å². The molecule has 1 heterocycles. The molecule has 0 aliphatic carbocycles. The van der Waals surface area contributed by atoms with Gasteiger partial charge >= 0.3 is 0 Å². The van der Waals surface area contributed by atoms with Crippen LogP contribution in [-0.4, -0.2) is 48.6 Å². The summed E-state index contributed by atoms with van der Waals surface area (Å²) in [5.74, 6) is 1.42. The van der Waals surface area contributed by atoms with Crippen molar-refractivity contribution >= 4 is 45.7 Å². The van der Waals surface area contributed by atoms with Gasteiger partial charge in [0.05, 0.1) is 26.6 Å². The van der Waals surface area contributed by atoms with Gasteiger partial charge in [0.15, 0.2) is 15.8 Å². The molecular formula is C21H22N4O5S2. The van der Waals surface area contributed by atoms with E-state index in [1.165, 1.54) is 30.2 Å². The number of aromatic nitrogens is 2. The van der Waals surface area contributed by atoms with Crippen molar-refractivity contribution in [2.75, 3.05) is 37.2 Å². The van der Waals surface area contributed by atoms with E-state index in [0.717, 1.165) is 0 Å². The normalized spacial score (nSPS) is 10.3. The molecule has 1 aromatic heterocycles. The molecule has 0 spiro atoms. The van der Waals surface area contributed by atoms with E-state index < -0.39 is 0 Å². The molecule has 32 heavy (non-hydrogen) atoms. The molecule has 3 rings (SSSR count). The lowest BCUT2D eigenvalue weighted by Gasteiger charge is -2.10. The second kappa shape index (κ2) is 11.3. The van der Waals surface area contributed by atoms with Gasteiger partial charge in [0.2, 0.25) is 11.0 Å². The van der Waals surface area contributed by atoms with Gasteiger partial charge in [0.25, 0.3) is 5.91 Å². The van der Waals surface area contributed by atoms with Crippen LogP contribution in [0.25, 0.3) is 0 Å². The van der Waals surface area contributed by atoms with Gasteiger partial charge in [-0.3, -0.25) is 14.9 Å². The summed E-state index contributed by atoms with van der Waals surface area (Å²) in [7, 11) is 3.07. The average Bonchev–Trinajstić information content (AvgIpc) is 3.25. The Morgan fingerprint density at radius 1 is 1.00 bits per heavy atom. The van der Waals surface area contributed by atoms with E-state index in [0.29, 0.717) is 44.6 Å². The molecule has 0 bridgehead atoms. The van der Waals surface area contributed by atoms with Crippen molar-refractivity contribution in [1.29, 1.82) is 0 Å². The molecule has 9 nitrogen and oxygen atoms in total. The van der Waals surface area contributed by atoms with Crippen LogP contribution >= 0.6 is 23.1 Å². The summed E-state index contributed by atoms with van der Waals surface area (Å²) >= 11 is 2.42. The highest BCUT2D eigenvalue weighted by atomic mass is 32.2. The van der Waals surface area contributed by atoms with Crippen LogP contribution in [0.5, 0.6) is 17.2 Å². The summed E-state index contributed by atoms with van der Waals surface area (Å²) in [6.07, 6.45) is 0. The van der Waals surface area contributed by atoms with Gasteiger partial charge in [0, 0.05) is 17.3 Å². The predicted molar refractivity (Wildman–Crippen MR) is 124 cm³/mol. The molecule has 0 radical (unpaired) electrons. The Morgan fingerprint density at radius 2 is 1.75 bits per heavy atom. The van der Waals surface area contributed by atoms with E-state index in [9.17, 15) is 9.59 Å². The van der Waals surface area contributed by atoms with Crippen molar-refractivity contribution < 1.29 is 23.8 Å². The molecule has 2 aromatic carbocycles. The van der Waals surface area contributed by atoms with Crippen molar-refractivity contribution in [3.63, 3.8) is 0 Å². The zero-order valence-corrected chi connectivity index (χ0v) is 19.3. The van der Waals surface area contributed by atoms with Crippen molar-refractivity contribution in [2.45, 2.75) is 11.3 Å². The minimum absolute atomic E-state index is 0.135. The van der Waals surface area contributed by atoms with Gasteiger partial charge in [-0.25, -0.2) is 0 Å². The number of carbonyl (C=O) groups is 2. The zero-order chi connectivity index (χ0) is 22.9. The first-order chi connectivity index (χ1) is 15.5. The molecular weight excluding hydrogens is 452 g/mol. The number of ether oxygens (including phenoxy) is 3. The first-order valence-corrected chi connectivity index (χ1v) is 11.3. The molecule has 0 atom stereocenters. The SMILES string of the molecule is CCOc1ccc(C(=O)Nc2nnc(SCC(=O)Nc3ccc(OC)c(OC)c3)s2)cc1. The van der Waals surface area contributed by atoms with Gasteiger partial charge in [-0.15, -0.1) is 10.2 Å². The van der Waals surface area contributed by atoms with E-state index >= 15 is 0 Å². The van der Waals surface area contributed by atoms with Gasteiger partial charge in [-0.05, 0) is 43.3 Å². The minimum atomic E-state index is -0.299. The average molecular weight is 475 g/mol. The summed E-state index contributed by atoms with van der Waals surface area (Å²) in [4.78, 5) is 24.6. The number of benzene rings is 2. The number of rotatable bonds is 10. The number of amides is 2. The van der Waals surface area contributed by atoms with Crippen LogP contribution in [0.3, 0.4) is 0 Å². The fraction of sp³-hybridized carbons (Fsp3) is 0.238. The van der Waals surface area contributed by atoms with Crippen LogP contribution in [0.1, 0.15) is 17.3 Å². The zero-order valence-electron chi connectivity index (χ0n) is 17.7. The molecule has 0 aliphatic rings. The number of anilines is 2. The lowest BCUT2D eigenvalue weighted by molar-refractivity contribution is -0.113. The summed E-state index contributed by atoms with van der Waals surface area (Å²) in [5, 5.41) is 13.8. The fourth-order valence-electron chi connectivity index (χ4n) is 2.60. The molecule has 0 fully saturated rings. The van der Waals surface area contributed by atoms with Crippen LogP contribution in [0, 0.1) is 0 Å². The number of hydrogen-bond acceptors (Lipinski definition) is 9. The van der Waals surface area contributed by atoms with Crippen molar-refractivity contribution in [3.8, 4) is 17.2 Å². The third-order valence-corrected chi connectivity index (χ3v) is 6.02. The lowest BCUT2D eigenvalue weighted by Crippen LogP contribution is -2.14. The molecule has 0 saturated heterocycles. The van der Waals surface area contributed by atoms with Gasteiger partial charge < -0.3 is 19.5 Å². The maximum Gasteiger partial charge on any atom is 0.257 e. The summed E-state index contributed by atoms with van der Waals surface area (Å²) in [6, 6.07) is 11.9. The van der Waals surface area contributed by atoms with Gasteiger partial charge in [0.1, 0.15) is 5.75 Å². The molecule has 3 aromatic rings. The summed E-state index contributed by atoms with van der Waals surface area (Å²) in [5.41, 5.74) is 1.07. The van der Waals surface area contributed by atoms with Crippen LogP contribution in [0.4, 0.5) is 10.8 Å². The smallest absolute Gasteiger partial charge is 0.257 e. The first kappa shape index (κ1) is 23.4. The van der Waals surface area contributed by atoms with Crippen LogP contribution in [0.15, 0.2) is 46.8 Å². The maximum absolute atomic E-state index is 12.4. The molecule has 2 amide bonds. The summed E-state index contributed by atoms with van der Waals surface area (Å²) in [6.45, 7) is 2.45. The Morgan fingerprint density at radius 3 is 2.44 bits per heavy atom. The molecule has 168 valence electrons. The third kappa shape index (κ3) is 6.34. The van der Waals surface area contributed by atoms with E-state index in [4.69, 9.17) is 14.2 Å². The molecule has 0 unspecified atom stereocenters. The van der Waals surface area contributed by atoms with E-state index in [2.05, 4.69) is 20.8 Å². The number of hydrogen-bond donors (Lipinski definition) is 2. The van der Waals surface area contributed by atoms with Crippen molar-refractivity contribution in [1.82, 2.24) is 10.2 Å². The second-order valence-corrected chi connectivity index (χ2v) is 8.39. The monoisotopic (exact) mass is 474 g/mol. The van der Waals surface area contributed by atoms with Crippen LogP contribution in [-0.2, 0) is 4.79 Å². The first-order valence-electron chi connectivity index (χ1n) is 9.54. The fourth-order valence-corrected chi connectivity index (χ4v) is 4.14. The third-order valence-electron chi connectivity index (χ3n) is 4.05. The molecule has 2 N–H and O–H groups in total. The van der Waals surface area contributed by atoms with Crippen LogP contribution in [0.2, 0.25) is 0 Å². The lowest BCUT2D eigenvalue weighted by atomic mass is 10.2. The predicted octanol–water partition coefficient (Wildman–Crippen LogP) is 3.94. The number of methoxy groups -OCH3 is 2. The van der Waals surface area contributed by atoms with Crippen LogP contribution < -0.4 is 24.8 Å². The Labute approximate surface area is 193 Å². The van der Waals surface area contributed by atoms with Crippen molar-refractivity contribution in [2.24, 2.45) is 0 Å². The Bertz CT molecular complexity index is 1070. The number of thioether (sulfide) groups is 1. The van der Waals surface area contributed by atoms with Gasteiger partial charge in [-0.1, -0.05) is 23.1 Å². The maximum atomic E-state index is 12.4. The summed E-state index contributed by atoms with van der Waals surface area (Å²) < 4.78 is 16.3. The Balaban J connectivity index is 1.50. The Hall–Kier alpha value is -3.31. The highest BCUT2D eigenvalue weighted by Gasteiger charge is 2.13. The van der Waals surface area contributed by atoms with Gasteiger partial charge in [-0.2, -0.15) is 0 Å². The molecule has 0 aliphatic heterocycles. The minimum Gasteiger partial charge on any atom is -0.494 e. The molecule has 0 saturated carbocycles. The highest BCUT2D eigenvalue weighted by molar-refractivity contribution is 8.01. The number of carbonyl (C=O) groups excluding carboxylic acids is 2. The standard InChI is InChI=1S/C21H22N4O5S2/c1-4-30-15-8-5-13(6-9-15)19(27)23-20-24-25-21(32-20)31-12-18(26)22-14-7-10-16(28-2)17(11-14)29-3/h5-11H,4,12H2,1-3H3,(H,22,26)(H,23,24,27). The second-order valence-electron chi connectivity index (χ2n) is 6.19.